The van der Waals surface area contributed by atoms with E-state index in [1.807, 2.05) is 32.9 Å². The SMILES string of the molecule is CCN(CC)CCNC(=O)C1CCCN(S(=O)(=O)c2c(C)cc(C)cc2C)C1. The summed E-state index contributed by atoms with van der Waals surface area (Å²) in [7, 11) is -3.60. The van der Waals surface area contributed by atoms with Crippen LogP contribution in [0.5, 0.6) is 0 Å². The van der Waals surface area contributed by atoms with Gasteiger partial charge in [-0.25, -0.2) is 8.42 Å². The molecule has 0 saturated carbocycles. The minimum atomic E-state index is -3.60. The lowest BCUT2D eigenvalue weighted by Gasteiger charge is -2.32. The maximum absolute atomic E-state index is 13.3. The first-order valence-corrected chi connectivity index (χ1v) is 11.7. The predicted molar refractivity (Wildman–Crippen MR) is 113 cm³/mol. The van der Waals surface area contributed by atoms with Crippen LogP contribution in [-0.4, -0.2) is 62.8 Å². The van der Waals surface area contributed by atoms with Crippen LogP contribution < -0.4 is 5.32 Å². The molecular formula is C21H35N3O3S. The monoisotopic (exact) mass is 409 g/mol. The first-order chi connectivity index (χ1) is 13.2. The van der Waals surface area contributed by atoms with E-state index in [4.69, 9.17) is 0 Å². The molecule has 1 aliphatic heterocycles. The number of carbonyl (C=O) groups excluding carboxylic acids is 1. The Bertz CT molecular complexity index is 765. The lowest BCUT2D eigenvalue weighted by atomic mass is 9.99. The molecule has 1 aliphatic rings. The number of nitrogens with zero attached hydrogens (tertiary/aromatic N) is 2. The molecule has 1 unspecified atom stereocenters. The molecule has 1 N–H and O–H groups in total. The highest BCUT2D eigenvalue weighted by molar-refractivity contribution is 7.89. The van der Waals surface area contributed by atoms with E-state index in [1.54, 1.807) is 0 Å². The Morgan fingerprint density at radius 3 is 2.36 bits per heavy atom. The fourth-order valence-corrected chi connectivity index (χ4v) is 6.03. The second kappa shape index (κ2) is 9.85. The molecule has 0 bridgehead atoms. The number of hydrogen-bond acceptors (Lipinski definition) is 4. The molecule has 6 nitrogen and oxygen atoms in total. The molecular weight excluding hydrogens is 374 g/mol. The summed E-state index contributed by atoms with van der Waals surface area (Å²) in [6.07, 6.45) is 1.44. The number of carbonyl (C=O) groups is 1. The highest BCUT2D eigenvalue weighted by atomic mass is 32.2. The first-order valence-electron chi connectivity index (χ1n) is 10.3. The number of benzene rings is 1. The van der Waals surface area contributed by atoms with Crippen molar-refractivity contribution in [2.45, 2.75) is 52.4 Å². The van der Waals surface area contributed by atoms with E-state index in [-0.39, 0.29) is 18.4 Å². The summed E-state index contributed by atoms with van der Waals surface area (Å²) in [6.45, 7) is 13.9. The fourth-order valence-electron chi connectivity index (χ4n) is 4.10. The minimum Gasteiger partial charge on any atom is -0.355 e. The van der Waals surface area contributed by atoms with E-state index in [0.29, 0.717) is 24.4 Å². The largest absolute Gasteiger partial charge is 0.355 e. The van der Waals surface area contributed by atoms with Gasteiger partial charge in [-0.1, -0.05) is 31.5 Å². The van der Waals surface area contributed by atoms with E-state index in [0.717, 1.165) is 42.7 Å². The summed E-state index contributed by atoms with van der Waals surface area (Å²) < 4.78 is 28.0. The third kappa shape index (κ3) is 5.33. The van der Waals surface area contributed by atoms with Crippen molar-refractivity contribution in [1.82, 2.24) is 14.5 Å². The van der Waals surface area contributed by atoms with Gasteiger partial charge in [-0.05, 0) is 57.8 Å². The number of piperidine rings is 1. The standard InChI is InChI=1S/C21H35N3O3S/c1-6-23(7-2)12-10-22-21(25)19-9-8-11-24(15-19)28(26,27)20-17(4)13-16(3)14-18(20)5/h13-14,19H,6-12,15H2,1-5H3,(H,22,25). The molecule has 1 heterocycles. The Morgan fingerprint density at radius 2 is 1.79 bits per heavy atom. The van der Waals surface area contributed by atoms with Crippen LogP contribution in [0.1, 0.15) is 43.4 Å². The van der Waals surface area contributed by atoms with Crippen LogP contribution in [0.4, 0.5) is 0 Å². The van der Waals surface area contributed by atoms with Crippen molar-refractivity contribution in [3.8, 4) is 0 Å². The molecule has 0 aromatic heterocycles. The van der Waals surface area contributed by atoms with Gasteiger partial charge in [0.15, 0.2) is 0 Å². The van der Waals surface area contributed by atoms with Gasteiger partial charge in [0, 0.05) is 26.2 Å². The maximum atomic E-state index is 13.3. The van der Waals surface area contributed by atoms with E-state index in [1.165, 1.54) is 4.31 Å². The summed E-state index contributed by atoms with van der Waals surface area (Å²) in [4.78, 5) is 15.2. The van der Waals surface area contributed by atoms with Crippen LogP contribution in [-0.2, 0) is 14.8 Å². The van der Waals surface area contributed by atoms with Crippen LogP contribution in [0, 0.1) is 26.7 Å². The summed E-state index contributed by atoms with van der Waals surface area (Å²) in [5.41, 5.74) is 2.59. The predicted octanol–water partition coefficient (Wildman–Crippen LogP) is 2.47. The van der Waals surface area contributed by atoms with Gasteiger partial charge in [0.05, 0.1) is 10.8 Å². The minimum absolute atomic E-state index is 0.0376. The van der Waals surface area contributed by atoms with Gasteiger partial charge in [-0.2, -0.15) is 4.31 Å². The summed E-state index contributed by atoms with van der Waals surface area (Å²) in [5, 5.41) is 2.99. The van der Waals surface area contributed by atoms with Crippen LogP contribution >= 0.6 is 0 Å². The Hall–Kier alpha value is -1.44. The lowest BCUT2D eigenvalue weighted by Crippen LogP contribution is -2.46. The van der Waals surface area contributed by atoms with Gasteiger partial charge in [0.25, 0.3) is 0 Å². The molecule has 1 saturated heterocycles. The van der Waals surface area contributed by atoms with Gasteiger partial charge < -0.3 is 10.2 Å². The highest BCUT2D eigenvalue weighted by Gasteiger charge is 2.34. The van der Waals surface area contributed by atoms with Gasteiger partial charge in [0.1, 0.15) is 0 Å². The number of rotatable bonds is 8. The van der Waals surface area contributed by atoms with Crippen molar-refractivity contribution in [3.63, 3.8) is 0 Å². The molecule has 0 aliphatic carbocycles. The van der Waals surface area contributed by atoms with Crippen LogP contribution in [0.15, 0.2) is 17.0 Å². The molecule has 1 aromatic rings. The highest BCUT2D eigenvalue weighted by Crippen LogP contribution is 2.28. The summed E-state index contributed by atoms with van der Waals surface area (Å²) in [5.74, 6) is -0.323. The smallest absolute Gasteiger partial charge is 0.243 e. The van der Waals surface area contributed by atoms with Crippen molar-refractivity contribution in [2.75, 3.05) is 39.3 Å². The van der Waals surface area contributed by atoms with Gasteiger partial charge in [-0.15, -0.1) is 0 Å². The second-order valence-corrected chi connectivity index (χ2v) is 9.62. The van der Waals surface area contributed by atoms with Gasteiger partial charge in [0.2, 0.25) is 15.9 Å². The van der Waals surface area contributed by atoms with Crippen LogP contribution in [0.2, 0.25) is 0 Å². The molecule has 2 rings (SSSR count). The average Bonchev–Trinajstić information content (AvgIpc) is 2.64. The number of likely N-dealkylation sites (N-methyl/N-ethyl adjacent to an activating group) is 1. The normalized spacial score (nSPS) is 18.4. The molecule has 1 fully saturated rings. The lowest BCUT2D eigenvalue weighted by molar-refractivity contribution is -0.126. The molecule has 0 spiro atoms. The molecule has 1 aromatic carbocycles. The number of hydrogen-bond donors (Lipinski definition) is 1. The zero-order valence-electron chi connectivity index (χ0n) is 17.9. The van der Waals surface area contributed by atoms with E-state index >= 15 is 0 Å². The fraction of sp³-hybridized carbons (Fsp3) is 0.667. The first kappa shape index (κ1) is 22.8. The number of sulfonamides is 1. The number of amides is 1. The molecule has 28 heavy (non-hydrogen) atoms. The topological polar surface area (TPSA) is 69.7 Å². The number of nitrogens with one attached hydrogen (secondary N) is 1. The molecule has 7 heteroatoms. The van der Waals surface area contributed by atoms with Crippen molar-refractivity contribution >= 4 is 15.9 Å². The van der Waals surface area contributed by atoms with Crippen molar-refractivity contribution in [2.24, 2.45) is 5.92 Å². The molecule has 1 amide bonds. The van der Waals surface area contributed by atoms with Crippen molar-refractivity contribution < 1.29 is 13.2 Å². The number of aryl methyl sites for hydroxylation is 3. The van der Waals surface area contributed by atoms with Crippen molar-refractivity contribution in [1.29, 1.82) is 0 Å². The molecule has 1 atom stereocenters. The summed E-state index contributed by atoms with van der Waals surface area (Å²) in [6, 6.07) is 3.81. The van der Waals surface area contributed by atoms with E-state index < -0.39 is 10.0 Å². The Morgan fingerprint density at radius 1 is 1.18 bits per heavy atom. The summed E-state index contributed by atoms with van der Waals surface area (Å²) >= 11 is 0. The Labute approximate surface area is 170 Å². The van der Waals surface area contributed by atoms with E-state index in [2.05, 4.69) is 24.1 Å². The van der Waals surface area contributed by atoms with E-state index in [9.17, 15) is 13.2 Å². The third-order valence-corrected chi connectivity index (χ3v) is 7.75. The Balaban J connectivity index is 2.07. The maximum Gasteiger partial charge on any atom is 0.243 e. The molecule has 158 valence electrons. The second-order valence-electron chi connectivity index (χ2n) is 7.75. The third-order valence-electron chi connectivity index (χ3n) is 5.58. The zero-order valence-corrected chi connectivity index (χ0v) is 18.7. The Kier molecular flexibility index (Phi) is 8.04. The molecule has 0 radical (unpaired) electrons. The quantitative estimate of drug-likeness (QED) is 0.716. The van der Waals surface area contributed by atoms with Gasteiger partial charge in [-0.3, -0.25) is 4.79 Å². The van der Waals surface area contributed by atoms with Crippen LogP contribution in [0.3, 0.4) is 0 Å². The zero-order chi connectivity index (χ0) is 20.9. The average molecular weight is 410 g/mol. The van der Waals surface area contributed by atoms with Crippen molar-refractivity contribution in [3.05, 3.63) is 28.8 Å². The van der Waals surface area contributed by atoms with Gasteiger partial charge >= 0.3 is 0 Å². The van der Waals surface area contributed by atoms with Crippen LogP contribution in [0.25, 0.3) is 0 Å².